The highest BCUT2D eigenvalue weighted by Crippen LogP contribution is 2.34. The second-order valence-corrected chi connectivity index (χ2v) is 6.94. The second kappa shape index (κ2) is 6.51. The number of phenols is 1. The van der Waals surface area contributed by atoms with Gasteiger partial charge in [0.1, 0.15) is 0 Å². The van der Waals surface area contributed by atoms with Crippen LogP contribution in [0.2, 0.25) is 10.0 Å². The standard InChI is InChI=1S/C13H12Cl2N2O3S/c14-11-7-10(8-12(15)13(11)18)17-21(19,20)6-4-9-3-1-2-5-16-9/h1-3,5,7-8,17-18H,4,6H2. The Balaban J connectivity index is 2.07. The maximum Gasteiger partial charge on any atom is 0.233 e. The van der Waals surface area contributed by atoms with Crippen molar-refractivity contribution in [1.29, 1.82) is 0 Å². The molecule has 0 saturated heterocycles. The number of aromatic nitrogens is 1. The summed E-state index contributed by atoms with van der Waals surface area (Å²) >= 11 is 11.5. The summed E-state index contributed by atoms with van der Waals surface area (Å²) in [6.45, 7) is 0. The van der Waals surface area contributed by atoms with Gasteiger partial charge in [0.25, 0.3) is 0 Å². The first-order valence-corrected chi connectivity index (χ1v) is 8.36. The number of halogens is 2. The molecule has 0 fully saturated rings. The topological polar surface area (TPSA) is 79.3 Å². The zero-order valence-electron chi connectivity index (χ0n) is 10.8. The summed E-state index contributed by atoms with van der Waals surface area (Å²) in [5.74, 6) is -0.407. The molecule has 0 unspecified atom stereocenters. The number of hydrogen-bond acceptors (Lipinski definition) is 4. The molecule has 0 aliphatic rings. The zero-order valence-corrected chi connectivity index (χ0v) is 13.1. The molecule has 8 heteroatoms. The highest BCUT2D eigenvalue weighted by Gasteiger charge is 2.14. The largest absolute Gasteiger partial charge is 0.505 e. The van der Waals surface area contributed by atoms with E-state index in [-0.39, 0.29) is 33.7 Å². The molecule has 0 amide bonds. The average molecular weight is 347 g/mol. The molecule has 0 atom stereocenters. The summed E-state index contributed by atoms with van der Waals surface area (Å²) in [6.07, 6.45) is 1.89. The highest BCUT2D eigenvalue weighted by molar-refractivity contribution is 7.92. The van der Waals surface area contributed by atoms with Gasteiger partial charge in [-0.1, -0.05) is 29.3 Å². The van der Waals surface area contributed by atoms with Crippen LogP contribution in [0.15, 0.2) is 36.5 Å². The molecular weight excluding hydrogens is 335 g/mol. The van der Waals surface area contributed by atoms with Crippen molar-refractivity contribution < 1.29 is 13.5 Å². The number of nitrogens with one attached hydrogen (secondary N) is 1. The lowest BCUT2D eigenvalue weighted by molar-refractivity contribution is 0.476. The minimum Gasteiger partial charge on any atom is -0.505 e. The van der Waals surface area contributed by atoms with Crippen LogP contribution < -0.4 is 4.72 Å². The molecule has 1 heterocycles. The smallest absolute Gasteiger partial charge is 0.233 e. The van der Waals surface area contributed by atoms with E-state index in [1.165, 1.54) is 12.1 Å². The van der Waals surface area contributed by atoms with Crippen molar-refractivity contribution in [2.24, 2.45) is 0 Å². The minimum atomic E-state index is -3.57. The molecule has 21 heavy (non-hydrogen) atoms. The first kappa shape index (κ1) is 15.9. The van der Waals surface area contributed by atoms with E-state index in [9.17, 15) is 13.5 Å². The minimum absolute atomic E-state index is 0.0232. The van der Waals surface area contributed by atoms with Gasteiger partial charge in [-0.25, -0.2) is 8.42 Å². The van der Waals surface area contributed by atoms with Gasteiger partial charge >= 0.3 is 0 Å². The molecule has 2 N–H and O–H groups in total. The van der Waals surface area contributed by atoms with Gasteiger partial charge in [0.2, 0.25) is 10.0 Å². The summed E-state index contributed by atoms with van der Waals surface area (Å²) in [5, 5.41) is 9.39. The van der Waals surface area contributed by atoms with Crippen molar-refractivity contribution in [2.75, 3.05) is 10.5 Å². The van der Waals surface area contributed by atoms with Gasteiger partial charge in [-0.15, -0.1) is 0 Å². The Hall–Kier alpha value is -1.50. The number of anilines is 1. The first-order chi connectivity index (χ1) is 9.87. The number of sulfonamides is 1. The fraction of sp³-hybridized carbons (Fsp3) is 0.154. The van der Waals surface area contributed by atoms with Crippen molar-refractivity contribution in [3.8, 4) is 5.75 Å². The van der Waals surface area contributed by atoms with Gasteiger partial charge in [0.15, 0.2) is 5.75 Å². The Bertz CT molecular complexity index is 713. The molecule has 2 rings (SSSR count). The Morgan fingerprint density at radius 2 is 1.86 bits per heavy atom. The molecule has 0 radical (unpaired) electrons. The normalized spacial score (nSPS) is 11.3. The van der Waals surface area contributed by atoms with Crippen LogP contribution in [0.25, 0.3) is 0 Å². The number of benzene rings is 1. The van der Waals surface area contributed by atoms with Crippen LogP contribution in [0.3, 0.4) is 0 Å². The molecule has 1 aromatic heterocycles. The van der Waals surface area contributed by atoms with Crippen molar-refractivity contribution in [1.82, 2.24) is 4.98 Å². The van der Waals surface area contributed by atoms with Crippen LogP contribution in [0.1, 0.15) is 5.69 Å². The number of aromatic hydroxyl groups is 1. The average Bonchev–Trinajstić information content (AvgIpc) is 2.43. The summed E-state index contributed by atoms with van der Waals surface area (Å²) in [7, 11) is -3.57. The molecule has 112 valence electrons. The van der Waals surface area contributed by atoms with E-state index in [2.05, 4.69) is 9.71 Å². The quantitative estimate of drug-likeness (QED) is 0.815. The number of rotatable bonds is 5. The van der Waals surface area contributed by atoms with Gasteiger partial charge in [-0.3, -0.25) is 9.71 Å². The van der Waals surface area contributed by atoms with E-state index in [1.54, 1.807) is 24.4 Å². The Kier molecular flexibility index (Phi) is 4.92. The number of phenolic OH excluding ortho intramolecular Hbond substituents is 1. The lowest BCUT2D eigenvalue weighted by atomic mass is 10.3. The molecule has 1 aromatic carbocycles. The summed E-state index contributed by atoms with van der Waals surface area (Å²) in [4.78, 5) is 4.06. The van der Waals surface area contributed by atoms with E-state index in [0.29, 0.717) is 5.69 Å². The first-order valence-electron chi connectivity index (χ1n) is 5.96. The summed E-state index contributed by atoms with van der Waals surface area (Å²) < 4.78 is 26.3. The summed E-state index contributed by atoms with van der Waals surface area (Å²) in [5.41, 5.74) is 0.883. The van der Waals surface area contributed by atoms with Gasteiger partial charge in [-0.05, 0) is 24.3 Å². The maximum absolute atomic E-state index is 12.0. The molecular formula is C13H12Cl2N2O3S. The maximum atomic E-state index is 12.0. The SMILES string of the molecule is O=S(=O)(CCc1ccccn1)Nc1cc(Cl)c(O)c(Cl)c1. The van der Waals surface area contributed by atoms with Gasteiger partial charge < -0.3 is 5.11 Å². The van der Waals surface area contributed by atoms with Crippen LogP contribution in [0, 0.1) is 0 Å². The van der Waals surface area contributed by atoms with Crippen LogP contribution in [0.4, 0.5) is 5.69 Å². The van der Waals surface area contributed by atoms with Crippen molar-refractivity contribution in [2.45, 2.75) is 6.42 Å². The van der Waals surface area contributed by atoms with Crippen LogP contribution >= 0.6 is 23.2 Å². The van der Waals surface area contributed by atoms with E-state index in [1.807, 2.05) is 0 Å². The number of pyridine rings is 1. The lowest BCUT2D eigenvalue weighted by Gasteiger charge is -2.09. The van der Waals surface area contributed by atoms with Gasteiger partial charge in [0.05, 0.1) is 21.5 Å². The zero-order chi connectivity index (χ0) is 15.5. The van der Waals surface area contributed by atoms with E-state index < -0.39 is 10.0 Å². The Morgan fingerprint density at radius 3 is 2.43 bits per heavy atom. The molecule has 0 aliphatic heterocycles. The third-order valence-electron chi connectivity index (χ3n) is 2.64. The monoisotopic (exact) mass is 346 g/mol. The van der Waals surface area contributed by atoms with Crippen molar-refractivity contribution in [3.05, 3.63) is 52.3 Å². The highest BCUT2D eigenvalue weighted by atomic mass is 35.5. The van der Waals surface area contributed by atoms with Crippen LogP contribution in [-0.2, 0) is 16.4 Å². The fourth-order valence-electron chi connectivity index (χ4n) is 1.64. The number of nitrogens with zero attached hydrogens (tertiary/aromatic N) is 1. The molecule has 0 spiro atoms. The Labute approximate surface area is 132 Å². The molecule has 5 nitrogen and oxygen atoms in total. The van der Waals surface area contributed by atoms with E-state index >= 15 is 0 Å². The predicted molar refractivity (Wildman–Crippen MR) is 83.5 cm³/mol. The van der Waals surface area contributed by atoms with Crippen LogP contribution in [0.5, 0.6) is 5.75 Å². The number of hydrogen-bond donors (Lipinski definition) is 2. The van der Waals surface area contributed by atoms with Gasteiger partial charge in [-0.2, -0.15) is 0 Å². The third kappa shape index (κ3) is 4.49. The molecule has 0 bridgehead atoms. The Morgan fingerprint density at radius 1 is 1.19 bits per heavy atom. The lowest BCUT2D eigenvalue weighted by Crippen LogP contribution is -2.18. The second-order valence-electron chi connectivity index (χ2n) is 4.28. The summed E-state index contributed by atoms with van der Waals surface area (Å²) in [6, 6.07) is 7.89. The van der Waals surface area contributed by atoms with Gasteiger partial charge in [0, 0.05) is 18.3 Å². The van der Waals surface area contributed by atoms with Crippen molar-refractivity contribution >= 4 is 38.9 Å². The third-order valence-corrected chi connectivity index (χ3v) is 4.51. The predicted octanol–water partition coefficient (Wildman–Crippen LogP) is 3.08. The molecule has 0 aliphatic carbocycles. The van der Waals surface area contributed by atoms with Crippen LogP contribution in [-0.4, -0.2) is 24.3 Å². The molecule has 0 saturated carbocycles. The van der Waals surface area contributed by atoms with Crippen molar-refractivity contribution in [3.63, 3.8) is 0 Å². The van der Waals surface area contributed by atoms with E-state index in [0.717, 1.165) is 0 Å². The van der Waals surface area contributed by atoms with E-state index in [4.69, 9.17) is 23.2 Å². The molecule has 2 aromatic rings. The fourth-order valence-corrected chi connectivity index (χ4v) is 3.18. The number of aryl methyl sites for hydroxylation is 1.